The van der Waals surface area contributed by atoms with E-state index in [1.54, 1.807) is 6.92 Å². The summed E-state index contributed by atoms with van der Waals surface area (Å²) in [6, 6.07) is 7.67. The van der Waals surface area contributed by atoms with Crippen LogP contribution < -0.4 is 10.2 Å². The molecule has 0 fully saturated rings. The zero-order valence-electron chi connectivity index (χ0n) is 11.8. The van der Waals surface area contributed by atoms with E-state index in [0.29, 0.717) is 12.5 Å². The van der Waals surface area contributed by atoms with Crippen molar-refractivity contribution >= 4 is 17.5 Å². The molecular formula is C15H20N2O3. The second-order valence-corrected chi connectivity index (χ2v) is 5.26. The Kier molecular flexibility index (Phi) is 4.39. The van der Waals surface area contributed by atoms with Crippen LogP contribution in [0.25, 0.3) is 0 Å². The molecule has 1 aliphatic heterocycles. The van der Waals surface area contributed by atoms with Crippen LogP contribution in [0.1, 0.15) is 31.7 Å². The topological polar surface area (TPSA) is 69.6 Å². The zero-order chi connectivity index (χ0) is 14.7. The van der Waals surface area contributed by atoms with Crippen LogP contribution in [0, 0.1) is 0 Å². The highest BCUT2D eigenvalue weighted by atomic mass is 16.3. The number of amides is 2. The third-order valence-corrected chi connectivity index (χ3v) is 3.54. The molecule has 2 N–H and O–H groups in total. The summed E-state index contributed by atoms with van der Waals surface area (Å²) in [5.74, 6) is -0.851. The molecule has 5 heteroatoms. The van der Waals surface area contributed by atoms with Crippen LogP contribution in [-0.4, -0.2) is 36.1 Å². The fourth-order valence-electron chi connectivity index (χ4n) is 2.40. The number of nitrogens with zero attached hydrogens (tertiary/aromatic N) is 1. The van der Waals surface area contributed by atoms with Gasteiger partial charge in [0.1, 0.15) is 0 Å². The van der Waals surface area contributed by atoms with Crippen molar-refractivity contribution in [3.63, 3.8) is 0 Å². The SMILES string of the molecule is CC(O)CNC(=O)C(=O)N1CCC(C)c2ccccc21. The van der Waals surface area contributed by atoms with Gasteiger partial charge in [-0.3, -0.25) is 9.59 Å². The number of nitrogens with one attached hydrogen (secondary N) is 1. The van der Waals surface area contributed by atoms with Gasteiger partial charge in [0.25, 0.3) is 0 Å². The van der Waals surface area contributed by atoms with Crippen LogP contribution in [0.3, 0.4) is 0 Å². The summed E-state index contributed by atoms with van der Waals surface area (Å²) in [5.41, 5.74) is 1.90. The van der Waals surface area contributed by atoms with Gasteiger partial charge >= 0.3 is 11.8 Å². The Morgan fingerprint density at radius 3 is 2.85 bits per heavy atom. The van der Waals surface area contributed by atoms with Crippen LogP contribution in [0.4, 0.5) is 5.69 Å². The Balaban J connectivity index is 2.15. The van der Waals surface area contributed by atoms with E-state index < -0.39 is 17.9 Å². The molecule has 2 atom stereocenters. The maximum absolute atomic E-state index is 12.2. The van der Waals surface area contributed by atoms with E-state index in [0.717, 1.165) is 17.7 Å². The molecule has 0 aromatic heterocycles. The molecule has 1 aliphatic rings. The molecule has 0 bridgehead atoms. The highest BCUT2D eigenvalue weighted by Crippen LogP contribution is 2.34. The number of hydrogen-bond acceptors (Lipinski definition) is 3. The van der Waals surface area contributed by atoms with Gasteiger partial charge in [-0.05, 0) is 30.9 Å². The summed E-state index contributed by atoms with van der Waals surface area (Å²) in [5, 5.41) is 11.6. The lowest BCUT2D eigenvalue weighted by Gasteiger charge is -2.32. The molecule has 20 heavy (non-hydrogen) atoms. The minimum atomic E-state index is -0.671. The molecule has 1 aromatic rings. The van der Waals surface area contributed by atoms with Crippen molar-refractivity contribution < 1.29 is 14.7 Å². The van der Waals surface area contributed by atoms with Crippen LogP contribution in [0.5, 0.6) is 0 Å². The smallest absolute Gasteiger partial charge is 0.316 e. The van der Waals surface area contributed by atoms with Gasteiger partial charge in [0.15, 0.2) is 0 Å². The Labute approximate surface area is 118 Å². The highest BCUT2D eigenvalue weighted by Gasteiger charge is 2.29. The van der Waals surface area contributed by atoms with Crippen molar-refractivity contribution in [2.75, 3.05) is 18.0 Å². The van der Waals surface area contributed by atoms with Crippen LogP contribution in [0.15, 0.2) is 24.3 Å². The van der Waals surface area contributed by atoms with E-state index in [1.165, 1.54) is 4.90 Å². The molecule has 0 radical (unpaired) electrons. The third kappa shape index (κ3) is 2.99. The third-order valence-electron chi connectivity index (χ3n) is 3.54. The summed E-state index contributed by atoms with van der Waals surface area (Å²) in [6.07, 6.45) is 0.173. The Hall–Kier alpha value is -1.88. The van der Waals surface area contributed by atoms with Crippen molar-refractivity contribution in [3.8, 4) is 0 Å². The fourth-order valence-corrected chi connectivity index (χ4v) is 2.40. The predicted octanol–water partition coefficient (Wildman–Crippen LogP) is 1.02. The molecule has 0 spiro atoms. The Morgan fingerprint density at radius 1 is 1.45 bits per heavy atom. The van der Waals surface area contributed by atoms with Crippen molar-refractivity contribution in [2.45, 2.75) is 32.3 Å². The lowest BCUT2D eigenvalue weighted by Crippen LogP contribution is -2.46. The van der Waals surface area contributed by atoms with E-state index in [-0.39, 0.29) is 6.54 Å². The van der Waals surface area contributed by atoms with Gasteiger partial charge < -0.3 is 15.3 Å². The quantitative estimate of drug-likeness (QED) is 0.792. The lowest BCUT2D eigenvalue weighted by atomic mass is 9.91. The average molecular weight is 276 g/mol. The largest absolute Gasteiger partial charge is 0.392 e. The molecule has 1 aromatic carbocycles. The van der Waals surface area contributed by atoms with Gasteiger partial charge in [0.05, 0.1) is 6.10 Å². The van der Waals surface area contributed by atoms with E-state index >= 15 is 0 Å². The molecule has 2 unspecified atom stereocenters. The normalized spacial score (nSPS) is 19.1. The number of rotatable bonds is 2. The zero-order valence-corrected chi connectivity index (χ0v) is 11.8. The van der Waals surface area contributed by atoms with E-state index in [1.807, 2.05) is 24.3 Å². The van der Waals surface area contributed by atoms with Crippen molar-refractivity contribution in [1.29, 1.82) is 0 Å². The van der Waals surface area contributed by atoms with Gasteiger partial charge in [-0.25, -0.2) is 0 Å². The number of hydrogen-bond donors (Lipinski definition) is 2. The van der Waals surface area contributed by atoms with E-state index in [9.17, 15) is 9.59 Å². The van der Waals surface area contributed by atoms with Gasteiger partial charge in [0.2, 0.25) is 0 Å². The molecule has 2 rings (SSSR count). The monoisotopic (exact) mass is 276 g/mol. The van der Waals surface area contributed by atoms with Gasteiger partial charge in [-0.1, -0.05) is 25.1 Å². The first-order chi connectivity index (χ1) is 9.50. The summed E-state index contributed by atoms with van der Waals surface area (Å²) < 4.78 is 0. The number of benzene rings is 1. The molecule has 0 saturated carbocycles. The first kappa shape index (κ1) is 14.5. The average Bonchev–Trinajstić information content (AvgIpc) is 2.44. The van der Waals surface area contributed by atoms with Crippen molar-refractivity contribution in [2.24, 2.45) is 0 Å². The van der Waals surface area contributed by atoms with Crippen molar-refractivity contribution in [1.82, 2.24) is 5.32 Å². The van der Waals surface area contributed by atoms with Gasteiger partial charge in [-0.15, -0.1) is 0 Å². The number of carbonyl (C=O) groups excluding carboxylic acids is 2. The fraction of sp³-hybridized carbons (Fsp3) is 0.467. The molecule has 0 aliphatic carbocycles. The standard InChI is InChI=1S/C15H20N2O3/c1-10-7-8-17(13-6-4-3-5-12(10)13)15(20)14(19)16-9-11(2)18/h3-6,10-11,18H,7-9H2,1-2H3,(H,16,19). The molecule has 108 valence electrons. The first-order valence-electron chi connectivity index (χ1n) is 6.87. The number of anilines is 1. The molecule has 2 amide bonds. The number of para-hydroxylation sites is 1. The Morgan fingerprint density at radius 2 is 2.15 bits per heavy atom. The maximum atomic E-state index is 12.2. The van der Waals surface area contributed by atoms with Crippen LogP contribution in [-0.2, 0) is 9.59 Å². The van der Waals surface area contributed by atoms with E-state index in [4.69, 9.17) is 5.11 Å². The number of fused-ring (bicyclic) bond motifs is 1. The molecule has 5 nitrogen and oxygen atoms in total. The molecule has 1 heterocycles. The van der Waals surface area contributed by atoms with Gasteiger partial charge in [0, 0.05) is 18.8 Å². The molecule has 0 saturated heterocycles. The summed E-state index contributed by atoms with van der Waals surface area (Å²) in [4.78, 5) is 25.6. The number of aliphatic hydroxyl groups excluding tert-OH is 1. The summed E-state index contributed by atoms with van der Waals surface area (Å²) in [6.45, 7) is 4.30. The van der Waals surface area contributed by atoms with E-state index in [2.05, 4.69) is 12.2 Å². The number of carbonyl (C=O) groups is 2. The lowest BCUT2D eigenvalue weighted by molar-refractivity contribution is -0.137. The number of aliphatic hydroxyl groups is 1. The minimum absolute atomic E-state index is 0.0798. The summed E-state index contributed by atoms with van der Waals surface area (Å²) >= 11 is 0. The second kappa shape index (κ2) is 6.05. The minimum Gasteiger partial charge on any atom is -0.392 e. The maximum Gasteiger partial charge on any atom is 0.316 e. The molecular weight excluding hydrogens is 256 g/mol. The predicted molar refractivity (Wildman–Crippen MR) is 76.5 cm³/mol. The first-order valence-corrected chi connectivity index (χ1v) is 6.87. The second-order valence-electron chi connectivity index (χ2n) is 5.26. The van der Waals surface area contributed by atoms with Crippen molar-refractivity contribution in [3.05, 3.63) is 29.8 Å². The summed E-state index contributed by atoms with van der Waals surface area (Å²) in [7, 11) is 0. The Bertz CT molecular complexity index is 514. The highest BCUT2D eigenvalue weighted by molar-refractivity contribution is 6.40. The van der Waals surface area contributed by atoms with Crippen LogP contribution in [0.2, 0.25) is 0 Å². The van der Waals surface area contributed by atoms with Gasteiger partial charge in [-0.2, -0.15) is 0 Å². The van der Waals surface area contributed by atoms with Crippen LogP contribution >= 0.6 is 0 Å².